The summed E-state index contributed by atoms with van der Waals surface area (Å²) in [7, 11) is 0. The minimum absolute atomic E-state index is 0.138. The molecule has 0 aromatic heterocycles. The second kappa shape index (κ2) is 10.3. The Morgan fingerprint density at radius 1 is 0.943 bits per heavy atom. The lowest BCUT2D eigenvalue weighted by Gasteiger charge is -2.13. The molecule has 182 valence electrons. The van der Waals surface area contributed by atoms with Crippen molar-refractivity contribution in [2.24, 2.45) is 5.92 Å². The summed E-state index contributed by atoms with van der Waals surface area (Å²) in [6.07, 6.45) is 0.207. The van der Waals surface area contributed by atoms with Crippen LogP contribution in [0.25, 0.3) is 0 Å². The zero-order chi connectivity index (χ0) is 25.5. The van der Waals surface area contributed by atoms with Crippen molar-refractivity contribution in [3.05, 3.63) is 98.0 Å². The number of nitrogens with one attached hydrogen (secondary N) is 1. The highest BCUT2D eigenvalue weighted by Gasteiger charge is 2.67. The Bertz CT molecular complexity index is 1280. The number of anilines is 1. The molecule has 1 aliphatic rings. The number of Topliss-reactive ketones (excluding diaryl/α,β-unsaturated/α-hetero) is 1. The van der Waals surface area contributed by atoms with Gasteiger partial charge in [-0.3, -0.25) is 9.59 Å². The van der Waals surface area contributed by atoms with E-state index in [1.165, 1.54) is 0 Å². The fraction of sp³-hybridized carbons (Fsp3) is 0.259. The van der Waals surface area contributed by atoms with Gasteiger partial charge in [0, 0.05) is 33.6 Å². The minimum atomic E-state index is -1.30. The first-order valence-corrected chi connectivity index (χ1v) is 12.9. The summed E-state index contributed by atoms with van der Waals surface area (Å²) in [5, 5.41) is 4.00. The van der Waals surface area contributed by atoms with E-state index in [1.807, 2.05) is 24.3 Å². The molecular weight excluding hydrogens is 548 g/mol. The van der Waals surface area contributed by atoms with Crippen LogP contribution in [0.15, 0.2) is 60.7 Å². The SMILES string of the molecule is CC(C)c1ccccc1CC(=O)c1cc(NC(=O)C2C(c3cc(Cl)cc(Cl)c3)C2(Cl)Cl)ccc1Cl. The van der Waals surface area contributed by atoms with E-state index < -0.39 is 16.2 Å². The highest BCUT2D eigenvalue weighted by Crippen LogP contribution is 2.65. The lowest BCUT2D eigenvalue weighted by atomic mass is 9.92. The molecule has 1 saturated carbocycles. The fourth-order valence-corrected chi connectivity index (χ4v) is 5.98. The van der Waals surface area contributed by atoms with Gasteiger partial charge in [-0.05, 0) is 59.0 Å². The third-order valence-electron chi connectivity index (χ3n) is 6.14. The number of carbonyl (C=O) groups excluding carboxylic acids is 2. The number of alkyl halides is 2. The maximum absolute atomic E-state index is 13.1. The summed E-state index contributed by atoms with van der Waals surface area (Å²) in [5.41, 5.74) is 3.51. The van der Waals surface area contributed by atoms with Crippen LogP contribution < -0.4 is 5.32 Å². The van der Waals surface area contributed by atoms with Crippen LogP contribution in [-0.4, -0.2) is 16.0 Å². The van der Waals surface area contributed by atoms with E-state index in [9.17, 15) is 9.59 Å². The average molecular weight is 570 g/mol. The Labute approximate surface area is 229 Å². The van der Waals surface area contributed by atoms with Crippen molar-refractivity contribution in [2.45, 2.75) is 36.4 Å². The minimum Gasteiger partial charge on any atom is -0.326 e. The van der Waals surface area contributed by atoms with E-state index in [2.05, 4.69) is 19.2 Å². The third-order valence-corrected chi connectivity index (χ3v) is 7.85. The Morgan fingerprint density at radius 3 is 2.26 bits per heavy atom. The molecule has 3 aromatic rings. The second-order valence-electron chi connectivity index (χ2n) is 8.97. The number of benzene rings is 3. The smallest absolute Gasteiger partial charge is 0.231 e. The van der Waals surface area contributed by atoms with Crippen molar-refractivity contribution in [1.82, 2.24) is 0 Å². The normalized spacial score (nSPS) is 18.4. The molecule has 0 bridgehead atoms. The molecule has 35 heavy (non-hydrogen) atoms. The van der Waals surface area contributed by atoms with Gasteiger partial charge in [0.2, 0.25) is 5.91 Å². The van der Waals surface area contributed by atoms with Gasteiger partial charge in [0.15, 0.2) is 5.78 Å². The molecule has 8 heteroatoms. The van der Waals surface area contributed by atoms with Crippen LogP contribution in [0.3, 0.4) is 0 Å². The van der Waals surface area contributed by atoms with Gasteiger partial charge in [0.25, 0.3) is 0 Å². The van der Waals surface area contributed by atoms with Crippen LogP contribution in [0.1, 0.15) is 52.7 Å². The number of halogens is 5. The molecule has 0 saturated heterocycles. The summed E-state index contributed by atoms with van der Waals surface area (Å²) in [6.45, 7) is 4.17. The Hall–Kier alpha value is -1.75. The maximum Gasteiger partial charge on any atom is 0.231 e. The van der Waals surface area contributed by atoms with E-state index in [0.29, 0.717) is 31.9 Å². The van der Waals surface area contributed by atoms with Crippen LogP contribution in [0.5, 0.6) is 0 Å². The van der Waals surface area contributed by atoms with Crippen LogP contribution in [0.4, 0.5) is 5.69 Å². The molecule has 0 aliphatic heterocycles. The van der Waals surface area contributed by atoms with Crippen LogP contribution >= 0.6 is 58.0 Å². The summed E-state index contributed by atoms with van der Waals surface area (Å²) < 4.78 is -1.30. The lowest BCUT2D eigenvalue weighted by molar-refractivity contribution is -0.117. The molecule has 2 unspecified atom stereocenters. The average Bonchev–Trinajstić information content (AvgIpc) is 3.36. The molecule has 0 heterocycles. The zero-order valence-electron chi connectivity index (χ0n) is 18.9. The predicted octanol–water partition coefficient (Wildman–Crippen LogP) is 8.72. The van der Waals surface area contributed by atoms with Crippen molar-refractivity contribution in [2.75, 3.05) is 5.32 Å². The quantitative estimate of drug-likeness (QED) is 0.228. The highest BCUT2D eigenvalue weighted by atomic mass is 35.5. The first-order chi connectivity index (χ1) is 16.5. The van der Waals surface area contributed by atoms with E-state index in [1.54, 1.807) is 36.4 Å². The van der Waals surface area contributed by atoms with Crippen LogP contribution in [-0.2, 0) is 11.2 Å². The number of ketones is 1. The predicted molar refractivity (Wildman–Crippen MR) is 146 cm³/mol. The molecule has 1 N–H and O–H groups in total. The lowest BCUT2D eigenvalue weighted by Crippen LogP contribution is -2.17. The number of hydrogen-bond acceptors (Lipinski definition) is 2. The molecule has 2 atom stereocenters. The zero-order valence-corrected chi connectivity index (χ0v) is 22.7. The largest absolute Gasteiger partial charge is 0.326 e. The molecular formula is C27H22Cl5NO2. The van der Waals surface area contributed by atoms with Crippen molar-refractivity contribution in [3.63, 3.8) is 0 Å². The Morgan fingerprint density at radius 2 is 1.60 bits per heavy atom. The summed E-state index contributed by atoms with van der Waals surface area (Å²) >= 11 is 31.5. The highest BCUT2D eigenvalue weighted by molar-refractivity contribution is 6.53. The van der Waals surface area contributed by atoms with Gasteiger partial charge in [-0.1, -0.05) is 72.9 Å². The number of rotatable bonds is 7. The first kappa shape index (κ1) is 26.3. The van der Waals surface area contributed by atoms with E-state index in [4.69, 9.17) is 58.0 Å². The van der Waals surface area contributed by atoms with E-state index >= 15 is 0 Å². The molecule has 0 spiro atoms. The fourth-order valence-electron chi connectivity index (χ4n) is 4.39. The molecule has 3 aromatic carbocycles. The van der Waals surface area contributed by atoms with E-state index in [-0.39, 0.29) is 24.0 Å². The van der Waals surface area contributed by atoms with Crippen molar-refractivity contribution < 1.29 is 9.59 Å². The summed E-state index contributed by atoms with van der Waals surface area (Å²) in [4.78, 5) is 26.2. The Balaban J connectivity index is 1.52. The number of carbonyl (C=O) groups is 2. The number of hydrogen-bond donors (Lipinski definition) is 1. The van der Waals surface area contributed by atoms with Crippen LogP contribution in [0, 0.1) is 5.92 Å². The van der Waals surface area contributed by atoms with Crippen molar-refractivity contribution >= 4 is 75.4 Å². The summed E-state index contributed by atoms with van der Waals surface area (Å²) in [5.74, 6) is -1.41. The second-order valence-corrected chi connectivity index (χ2v) is 11.7. The van der Waals surface area contributed by atoms with Crippen molar-refractivity contribution in [3.8, 4) is 0 Å². The standard InChI is InChI=1S/C27H22Cl5NO2/c1-14(2)20-6-4-3-5-15(20)11-23(34)21-13-19(7-8-22(21)30)33-26(35)25-24(27(25,31)32)16-9-17(28)12-18(29)10-16/h3-10,12-14,24-25H,11H2,1-2H3,(H,33,35). The topological polar surface area (TPSA) is 46.2 Å². The van der Waals surface area contributed by atoms with Gasteiger partial charge >= 0.3 is 0 Å². The maximum atomic E-state index is 13.1. The summed E-state index contributed by atoms with van der Waals surface area (Å²) in [6, 6.07) is 17.6. The van der Waals surface area contributed by atoms with Gasteiger partial charge in [0.1, 0.15) is 4.33 Å². The van der Waals surface area contributed by atoms with Gasteiger partial charge in [-0.15, -0.1) is 23.2 Å². The molecule has 3 nitrogen and oxygen atoms in total. The van der Waals surface area contributed by atoms with Gasteiger partial charge < -0.3 is 5.32 Å². The molecule has 1 fully saturated rings. The van der Waals surface area contributed by atoms with Crippen molar-refractivity contribution in [1.29, 1.82) is 0 Å². The number of amides is 1. The molecule has 0 radical (unpaired) electrons. The van der Waals surface area contributed by atoms with Gasteiger partial charge in [0.05, 0.1) is 10.9 Å². The molecule has 4 rings (SSSR count). The third kappa shape index (κ3) is 5.65. The Kier molecular flexibility index (Phi) is 7.76. The van der Waals surface area contributed by atoms with Crippen LogP contribution in [0.2, 0.25) is 15.1 Å². The molecule has 1 aliphatic carbocycles. The van der Waals surface area contributed by atoms with Gasteiger partial charge in [-0.2, -0.15) is 0 Å². The van der Waals surface area contributed by atoms with E-state index in [0.717, 1.165) is 11.1 Å². The van der Waals surface area contributed by atoms with Gasteiger partial charge in [-0.25, -0.2) is 0 Å². The molecule has 1 amide bonds. The monoisotopic (exact) mass is 567 g/mol. The first-order valence-electron chi connectivity index (χ1n) is 11.0.